The lowest BCUT2D eigenvalue weighted by Gasteiger charge is -2.05. The van der Waals surface area contributed by atoms with E-state index in [9.17, 15) is 0 Å². The molecule has 0 aliphatic carbocycles. The van der Waals surface area contributed by atoms with Crippen LogP contribution in [0.1, 0.15) is 0 Å². The van der Waals surface area contributed by atoms with Crippen LogP contribution in [0, 0.1) is 0 Å². The van der Waals surface area contributed by atoms with Gasteiger partial charge in [-0.05, 0) is 34.5 Å². The first kappa shape index (κ1) is 11.2. The van der Waals surface area contributed by atoms with Crippen LogP contribution >= 0.6 is 0 Å². The van der Waals surface area contributed by atoms with Gasteiger partial charge < -0.3 is 0 Å². The lowest BCUT2D eigenvalue weighted by Crippen LogP contribution is -1.83. The average Bonchev–Trinajstić information content (AvgIpc) is 2.54. The van der Waals surface area contributed by atoms with Crippen molar-refractivity contribution >= 4 is 21.7 Å². The van der Waals surface area contributed by atoms with Crippen molar-refractivity contribution in [3.05, 3.63) is 79.0 Å². The standard InChI is InChI=1S/C19H13N/c1-2-6-15-11-16(10-9-14(15)5-1)18-12-17-7-3-4-8-19(17)20-13-18/h1-13H. The Kier molecular flexibility index (Phi) is 2.49. The number of pyridine rings is 1. The van der Waals surface area contributed by atoms with E-state index in [1.165, 1.54) is 21.7 Å². The van der Waals surface area contributed by atoms with Crippen molar-refractivity contribution in [1.82, 2.24) is 4.98 Å². The third kappa shape index (κ3) is 1.84. The summed E-state index contributed by atoms with van der Waals surface area (Å²) in [5, 5.41) is 3.71. The molecule has 4 aromatic rings. The second-order valence-corrected chi connectivity index (χ2v) is 4.98. The van der Waals surface area contributed by atoms with Gasteiger partial charge in [0.2, 0.25) is 0 Å². The molecule has 0 atom stereocenters. The lowest BCUT2D eigenvalue weighted by molar-refractivity contribution is 1.41. The topological polar surface area (TPSA) is 12.9 Å². The smallest absolute Gasteiger partial charge is 0.0702 e. The largest absolute Gasteiger partial charge is 0.256 e. The zero-order valence-electron chi connectivity index (χ0n) is 11.0. The summed E-state index contributed by atoms with van der Waals surface area (Å²) >= 11 is 0. The van der Waals surface area contributed by atoms with Crippen LogP contribution in [0.25, 0.3) is 32.8 Å². The molecule has 1 aromatic heterocycles. The highest BCUT2D eigenvalue weighted by atomic mass is 14.6. The number of hydrogen-bond acceptors (Lipinski definition) is 1. The fourth-order valence-corrected chi connectivity index (χ4v) is 2.60. The molecule has 94 valence electrons. The molecule has 0 unspecified atom stereocenters. The van der Waals surface area contributed by atoms with E-state index in [4.69, 9.17) is 0 Å². The van der Waals surface area contributed by atoms with E-state index < -0.39 is 0 Å². The first-order valence-electron chi connectivity index (χ1n) is 6.74. The van der Waals surface area contributed by atoms with Crippen LogP contribution in [0.4, 0.5) is 0 Å². The highest BCUT2D eigenvalue weighted by Crippen LogP contribution is 2.26. The summed E-state index contributed by atoms with van der Waals surface area (Å²) in [6.45, 7) is 0. The van der Waals surface area contributed by atoms with Crippen molar-refractivity contribution in [3.8, 4) is 11.1 Å². The molecule has 0 amide bonds. The molecule has 0 aliphatic rings. The minimum absolute atomic E-state index is 1.04. The SMILES string of the molecule is c1ccc2cc(-c3cnc4ccccc4c3)ccc2c1. The molecular weight excluding hydrogens is 242 g/mol. The monoisotopic (exact) mass is 255 g/mol. The van der Waals surface area contributed by atoms with E-state index in [1.807, 2.05) is 24.4 Å². The van der Waals surface area contributed by atoms with Gasteiger partial charge in [-0.15, -0.1) is 0 Å². The van der Waals surface area contributed by atoms with E-state index in [-0.39, 0.29) is 0 Å². The first-order chi connectivity index (χ1) is 9.90. The van der Waals surface area contributed by atoms with Gasteiger partial charge in [-0.25, -0.2) is 0 Å². The van der Waals surface area contributed by atoms with Crippen LogP contribution in [0.3, 0.4) is 0 Å². The third-order valence-corrected chi connectivity index (χ3v) is 3.67. The molecule has 0 N–H and O–H groups in total. The van der Waals surface area contributed by atoms with Gasteiger partial charge in [-0.3, -0.25) is 4.98 Å². The molecular formula is C19H13N. The van der Waals surface area contributed by atoms with E-state index in [0.29, 0.717) is 0 Å². The van der Waals surface area contributed by atoms with Crippen molar-refractivity contribution in [3.63, 3.8) is 0 Å². The van der Waals surface area contributed by atoms with Crippen LogP contribution in [-0.2, 0) is 0 Å². The van der Waals surface area contributed by atoms with E-state index in [2.05, 4.69) is 59.6 Å². The van der Waals surface area contributed by atoms with Crippen LogP contribution in [0.5, 0.6) is 0 Å². The summed E-state index contributed by atoms with van der Waals surface area (Å²) in [5.74, 6) is 0. The zero-order chi connectivity index (χ0) is 13.4. The molecule has 0 fully saturated rings. The predicted molar refractivity (Wildman–Crippen MR) is 84.7 cm³/mol. The normalized spacial score (nSPS) is 11.0. The van der Waals surface area contributed by atoms with Gasteiger partial charge in [-0.2, -0.15) is 0 Å². The number of rotatable bonds is 1. The van der Waals surface area contributed by atoms with Gasteiger partial charge in [0, 0.05) is 17.1 Å². The molecule has 0 aliphatic heterocycles. The molecule has 0 bridgehead atoms. The van der Waals surface area contributed by atoms with Crippen LogP contribution < -0.4 is 0 Å². The minimum atomic E-state index is 1.04. The Morgan fingerprint density at radius 3 is 2.15 bits per heavy atom. The van der Waals surface area contributed by atoms with Gasteiger partial charge in [0.1, 0.15) is 0 Å². The summed E-state index contributed by atoms with van der Waals surface area (Å²) < 4.78 is 0. The summed E-state index contributed by atoms with van der Waals surface area (Å²) in [6, 6.07) is 25.4. The molecule has 20 heavy (non-hydrogen) atoms. The van der Waals surface area contributed by atoms with Gasteiger partial charge in [0.05, 0.1) is 5.52 Å². The van der Waals surface area contributed by atoms with Gasteiger partial charge in [0.15, 0.2) is 0 Å². The molecule has 3 aromatic carbocycles. The summed E-state index contributed by atoms with van der Waals surface area (Å²) in [5.41, 5.74) is 3.41. The van der Waals surface area contributed by atoms with Crippen molar-refractivity contribution < 1.29 is 0 Å². The Balaban J connectivity index is 1.91. The maximum absolute atomic E-state index is 4.54. The molecule has 4 rings (SSSR count). The molecule has 0 radical (unpaired) electrons. The van der Waals surface area contributed by atoms with E-state index in [1.54, 1.807) is 0 Å². The summed E-state index contributed by atoms with van der Waals surface area (Å²) in [7, 11) is 0. The maximum atomic E-state index is 4.54. The number of hydrogen-bond donors (Lipinski definition) is 0. The van der Waals surface area contributed by atoms with Crippen molar-refractivity contribution in [2.75, 3.05) is 0 Å². The van der Waals surface area contributed by atoms with Crippen molar-refractivity contribution in [2.45, 2.75) is 0 Å². The van der Waals surface area contributed by atoms with Crippen LogP contribution in [-0.4, -0.2) is 4.98 Å². The van der Waals surface area contributed by atoms with E-state index in [0.717, 1.165) is 11.1 Å². The lowest BCUT2D eigenvalue weighted by atomic mass is 10.0. The molecule has 1 heterocycles. The average molecular weight is 255 g/mol. The van der Waals surface area contributed by atoms with Gasteiger partial charge >= 0.3 is 0 Å². The van der Waals surface area contributed by atoms with E-state index >= 15 is 0 Å². The maximum Gasteiger partial charge on any atom is 0.0702 e. The highest BCUT2D eigenvalue weighted by molar-refractivity contribution is 5.89. The number of nitrogens with zero attached hydrogens (tertiary/aromatic N) is 1. The Bertz CT molecular complexity index is 832. The number of aromatic nitrogens is 1. The second kappa shape index (κ2) is 4.46. The fraction of sp³-hybridized carbons (Fsp3) is 0. The Hall–Kier alpha value is -2.67. The Morgan fingerprint density at radius 2 is 1.25 bits per heavy atom. The first-order valence-corrected chi connectivity index (χ1v) is 6.74. The fourth-order valence-electron chi connectivity index (χ4n) is 2.60. The molecule has 1 nitrogen and oxygen atoms in total. The van der Waals surface area contributed by atoms with Crippen LogP contribution in [0.15, 0.2) is 79.0 Å². The molecule has 0 spiro atoms. The number of fused-ring (bicyclic) bond motifs is 2. The zero-order valence-corrected chi connectivity index (χ0v) is 11.0. The predicted octanol–water partition coefficient (Wildman–Crippen LogP) is 5.06. The van der Waals surface area contributed by atoms with Crippen molar-refractivity contribution in [1.29, 1.82) is 0 Å². The van der Waals surface area contributed by atoms with Crippen LogP contribution in [0.2, 0.25) is 0 Å². The molecule has 1 heteroatoms. The minimum Gasteiger partial charge on any atom is -0.256 e. The van der Waals surface area contributed by atoms with Crippen molar-refractivity contribution in [2.24, 2.45) is 0 Å². The quantitative estimate of drug-likeness (QED) is 0.463. The highest BCUT2D eigenvalue weighted by Gasteiger charge is 2.02. The molecule has 0 saturated heterocycles. The Morgan fingerprint density at radius 1 is 0.550 bits per heavy atom. The van der Waals surface area contributed by atoms with Gasteiger partial charge in [-0.1, -0.05) is 54.6 Å². The third-order valence-electron chi connectivity index (χ3n) is 3.67. The molecule has 0 saturated carbocycles. The summed E-state index contributed by atoms with van der Waals surface area (Å²) in [6.07, 6.45) is 1.95. The second-order valence-electron chi connectivity index (χ2n) is 4.98. The number of para-hydroxylation sites is 1. The Labute approximate surface area is 117 Å². The number of benzene rings is 3. The summed E-state index contributed by atoms with van der Waals surface area (Å²) in [4.78, 5) is 4.54. The van der Waals surface area contributed by atoms with Gasteiger partial charge in [0.25, 0.3) is 0 Å².